The molecule has 1 heterocycles. The van der Waals surface area contributed by atoms with Gasteiger partial charge in [0.15, 0.2) is 0 Å². The van der Waals surface area contributed by atoms with Gasteiger partial charge in [-0.25, -0.2) is 0 Å². The minimum atomic E-state index is 0.315. The lowest BCUT2D eigenvalue weighted by atomic mass is 10.00. The molecular formula is C22H26N4O. The molecule has 0 amide bonds. The third-order valence-electron chi connectivity index (χ3n) is 5.37. The Labute approximate surface area is 159 Å². The van der Waals surface area contributed by atoms with Gasteiger partial charge in [-0.05, 0) is 13.5 Å². The molecule has 5 heteroatoms. The second-order valence-electron chi connectivity index (χ2n) is 7.25. The highest BCUT2D eigenvalue weighted by Gasteiger charge is 2.13. The monoisotopic (exact) mass is 362 g/mol. The van der Waals surface area contributed by atoms with E-state index in [4.69, 9.17) is 0 Å². The first-order valence-electron chi connectivity index (χ1n) is 9.65. The van der Waals surface area contributed by atoms with Crippen LogP contribution in [0, 0.1) is 0 Å². The van der Waals surface area contributed by atoms with Crippen LogP contribution >= 0.6 is 0 Å². The number of hydrogen-bond acceptors (Lipinski definition) is 5. The number of phenolic OH excluding ortho intramolecular Hbond substituents is 1. The fourth-order valence-corrected chi connectivity index (χ4v) is 3.75. The number of benzene rings is 3. The number of azo groups is 1. The lowest BCUT2D eigenvalue weighted by molar-refractivity contribution is 0.153. The Morgan fingerprint density at radius 2 is 1.41 bits per heavy atom. The SMILES string of the molecule is CN1CCN(CCCN=Nc2c3ccccc3c(O)c3ccccc23)CC1. The van der Waals surface area contributed by atoms with Crippen LogP contribution in [-0.4, -0.2) is 61.2 Å². The second-order valence-corrected chi connectivity index (χ2v) is 7.25. The molecule has 1 N–H and O–H groups in total. The summed E-state index contributed by atoms with van der Waals surface area (Å²) in [5.41, 5.74) is 0.846. The first-order valence-corrected chi connectivity index (χ1v) is 9.65. The van der Waals surface area contributed by atoms with E-state index in [1.165, 1.54) is 0 Å². The standard InChI is InChI=1S/C22H26N4O/c1-25-13-15-26(16-14-25)12-6-11-23-24-21-17-7-2-4-9-19(17)22(27)20-10-5-3-8-18(20)21/h2-5,7-10,27H,6,11-16H2,1H3. The van der Waals surface area contributed by atoms with E-state index in [0.717, 1.165) is 72.9 Å². The van der Waals surface area contributed by atoms with Crippen molar-refractivity contribution < 1.29 is 5.11 Å². The minimum absolute atomic E-state index is 0.315. The molecule has 140 valence electrons. The molecule has 3 aromatic carbocycles. The summed E-state index contributed by atoms with van der Waals surface area (Å²) in [5.74, 6) is 0.315. The van der Waals surface area contributed by atoms with E-state index >= 15 is 0 Å². The van der Waals surface area contributed by atoms with Gasteiger partial charge in [-0.3, -0.25) is 0 Å². The van der Waals surface area contributed by atoms with Gasteiger partial charge in [0.05, 0.1) is 6.54 Å². The topological polar surface area (TPSA) is 51.4 Å². The number of fused-ring (bicyclic) bond motifs is 2. The Hall–Kier alpha value is -2.50. The minimum Gasteiger partial charge on any atom is -0.507 e. The number of phenols is 1. The van der Waals surface area contributed by atoms with Crippen LogP contribution in [0.2, 0.25) is 0 Å². The molecule has 0 aromatic heterocycles. The molecule has 0 bridgehead atoms. The largest absolute Gasteiger partial charge is 0.507 e. The molecule has 1 aliphatic heterocycles. The van der Waals surface area contributed by atoms with Gasteiger partial charge in [0.1, 0.15) is 11.4 Å². The van der Waals surface area contributed by atoms with Crippen molar-refractivity contribution in [3.8, 4) is 5.75 Å². The van der Waals surface area contributed by atoms with E-state index in [-0.39, 0.29) is 0 Å². The van der Waals surface area contributed by atoms with Crippen LogP contribution in [0.15, 0.2) is 58.8 Å². The molecule has 0 aliphatic carbocycles. The summed E-state index contributed by atoms with van der Waals surface area (Å²) in [6.07, 6.45) is 1.02. The van der Waals surface area contributed by atoms with Crippen molar-refractivity contribution in [3.63, 3.8) is 0 Å². The van der Waals surface area contributed by atoms with Crippen molar-refractivity contribution in [2.24, 2.45) is 10.2 Å². The Bertz CT molecular complexity index is 904. The van der Waals surface area contributed by atoms with Gasteiger partial charge in [-0.15, -0.1) is 0 Å². The summed E-state index contributed by atoms with van der Waals surface area (Å²) in [5, 5.41) is 23.2. The van der Waals surface area contributed by atoms with Crippen LogP contribution in [-0.2, 0) is 0 Å². The maximum absolute atomic E-state index is 10.6. The van der Waals surface area contributed by atoms with Crippen molar-refractivity contribution in [3.05, 3.63) is 48.5 Å². The van der Waals surface area contributed by atoms with Crippen molar-refractivity contribution in [2.75, 3.05) is 46.3 Å². The summed E-state index contributed by atoms with van der Waals surface area (Å²) in [4.78, 5) is 4.87. The molecule has 0 spiro atoms. The molecule has 27 heavy (non-hydrogen) atoms. The molecule has 0 unspecified atom stereocenters. The molecule has 0 saturated carbocycles. The van der Waals surface area contributed by atoms with Crippen LogP contribution in [0.5, 0.6) is 5.75 Å². The van der Waals surface area contributed by atoms with Crippen LogP contribution in [0.4, 0.5) is 5.69 Å². The first-order chi connectivity index (χ1) is 13.2. The van der Waals surface area contributed by atoms with Crippen molar-refractivity contribution >= 4 is 27.2 Å². The fourth-order valence-electron chi connectivity index (χ4n) is 3.75. The quantitative estimate of drug-likeness (QED) is 0.415. The summed E-state index contributed by atoms with van der Waals surface area (Å²) < 4.78 is 0. The van der Waals surface area contributed by atoms with Crippen LogP contribution in [0.1, 0.15) is 6.42 Å². The molecule has 1 aliphatic rings. The summed E-state index contributed by atoms with van der Waals surface area (Å²) in [6, 6.07) is 15.7. The average molecular weight is 362 g/mol. The Kier molecular flexibility index (Phi) is 5.32. The smallest absolute Gasteiger partial charge is 0.131 e. The van der Waals surface area contributed by atoms with Crippen LogP contribution in [0.25, 0.3) is 21.5 Å². The van der Waals surface area contributed by atoms with E-state index in [1.807, 2.05) is 48.5 Å². The highest BCUT2D eigenvalue weighted by molar-refractivity contribution is 6.14. The normalized spacial score (nSPS) is 16.6. The molecule has 1 fully saturated rings. The number of nitrogens with zero attached hydrogens (tertiary/aromatic N) is 4. The zero-order valence-corrected chi connectivity index (χ0v) is 15.8. The molecule has 5 nitrogen and oxygen atoms in total. The van der Waals surface area contributed by atoms with Crippen molar-refractivity contribution in [2.45, 2.75) is 6.42 Å². The predicted molar refractivity (Wildman–Crippen MR) is 111 cm³/mol. The molecule has 0 atom stereocenters. The Balaban J connectivity index is 1.52. The van der Waals surface area contributed by atoms with E-state index in [9.17, 15) is 5.11 Å². The third-order valence-corrected chi connectivity index (χ3v) is 5.37. The van der Waals surface area contributed by atoms with E-state index in [2.05, 4.69) is 27.1 Å². The maximum Gasteiger partial charge on any atom is 0.131 e. The summed E-state index contributed by atoms with van der Waals surface area (Å²) in [6.45, 7) is 6.36. The predicted octanol–water partition coefficient (Wildman–Crippen LogP) is 4.42. The van der Waals surface area contributed by atoms with Gasteiger partial charge in [-0.1, -0.05) is 48.5 Å². The van der Waals surface area contributed by atoms with Gasteiger partial charge in [0.25, 0.3) is 0 Å². The Morgan fingerprint density at radius 3 is 2.00 bits per heavy atom. The highest BCUT2D eigenvalue weighted by Crippen LogP contribution is 2.41. The molecule has 1 saturated heterocycles. The van der Waals surface area contributed by atoms with Gasteiger partial charge < -0.3 is 14.9 Å². The number of piperazine rings is 1. The van der Waals surface area contributed by atoms with Gasteiger partial charge >= 0.3 is 0 Å². The number of hydrogen-bond donors (Lipinski definition) is 1. The summed E-state index contributed by atoms with van der Waals surface area (Å²) >= 11 is 0. The average Bonchev–Trinajstić information content (AvgIpc) is 2.71. The number of likely N-dealkylation sites (N-methyl/N-ethyl adjacent to an activating group) is 1. The van der Waals surface area contributed by atoms with E-state index in [0.29, 0.717) is 5.75 Å². The van der Waals surface area contributed by atoms with Crippen molar-refractivity contribution in [1.29, 1.82) is 0 Å². The Morgan fingerprint density at radius 1 is 0.852 bits per heavy atom. The molecule has 0 radical (unpaired) electrons. The summed E-state index contributed by atoms with van der Waals surface area (Å²) in [7, 11) is 2.18. The van der Waals surface area contributed by atoms with E-state index in [1.54, 1.807) is 0 Å². The van der Waals surface area contributed by atoms with Gasteiger partial charge in [0.2, 0.25) is 0 Å². The third kappa shape index (κ3) is 3.80. The van der Waals surface area contributed by atoms with Crippen LogP contribution in [0.3, 0.4) is 0 Å². The molecular weight excluding hydrogens is 336 g/mol. The zero-order chi connectivity index (χ0) is 18.6. The number of aromatic hydroxyl groups is 1. The highest BCUT2D eigenvalue weighted by atomic mass is 16.3. The lowest BCUT2D eigenvalue weighted by Crippen LogP contribution is -2.44. The van der Waals surface area contributed by atoms with Crippen LogP contribution < -0.4 is 0 Å². The number of rotatable bonds is 5. The molecule has 4 rings (SSSR count). The van der Waals surface area contributed by atoms with Gasteiger partial charge in [0, 0.05) is 54.3 Å². The molecule has 3 aromatic rings. The first kappa shape index (κ1) is 17.9. The fraction of sp³-hybridized carbons (Fsp3) is 0.364. The van der Waals surface area contributed by atoms with E-state index < -0.39 is 0 Å². The second kappa shape index (κ2) is 8.03. The van der Waals surface area contributed by atoms with Crippen molar-refractivity contribution in [1.82, 2.24) is 9.80 Å². The lowest BCUT2D eigenvalue weighted by Gasteiger charge is -2.32. The maximum atomic E-state index is 10.6. The zero-order valence-electron chi connectivity index (χ0n) is 15.8. The van der Waals surface area contributed by atoms with Gasteiger partial charge in [-0.2, -0.15) is 10.2 Å².